The average Bonchev–Trinajstić information content (AvgIpc) is 3.15. The summed E-state index contributed by atoms with van der Waals surface area (Å²) in [5.74, 6) is 1.02. The number of carbonyl (C=O) groups excluding carboxylic acids is 2. The van der Waals surface area contributed by atoms with E-state index >= 15 is 0 Å². The second kappa shape index (κ2) is 6.55. The topological polar surface area (TPSA) is 89.8 Å². The molecule has 1 aromatic rings. The zero-order valence-corrected chi connectivity index (χ0v) is 16.2. The van der Waals surface area contributed by atoms with Crippen molar-refractivity contribution >= 4 is 12.0 Å². The molecule has 4 rings (SSSR count). The van der Waals surface area contributed by atoms with E-state index in [-0.39, 0.29) is 29.7 Å². The van der Waals surface area contributed by atoms with Gasteiger partial charge in [-0.25, -0.2) is 4.79 Å². The minimum Gasteiger partial charge on any atom is -0.454 e. The van der Waals surface area contributed by atoms with E-state index in [1.807, 2.05) is 0 Å². The predicted octanol–water partition coefficient (Wildman–Crippen LogP) is 2.99. The number of hydrogen-bond donors (Lipinski definition) is 2. The van der Waals surface area contributed by atoms with Crippen molar-refractivity contribution in [3.63, 3.8) is 0 Å². The second-order valence-corrected chi connectivity index (χ2v) is 8.90. The quantitative estimate of drug-likeness (QED) is 0.843. The zero-order chi connectivity index (χ0) is 19.2. The van der Waals surface area contributed by atoms with Crippen LogP contribution < -0.4 is 10.6 Å². The Hall–Kier alpha value is -2.02. The van der Waals surface area contributed by atoms with Gasteiger partial charge in [-0.2, -0.15) is 0 Å². The lowest BCUT2D eigenvalue weighted by Crippen LogP contribution is -2.71. The van der Waals surface area contributed by atoms with Crippen molar-refractivity contribution in [2.75, 3.05) is 6.61 Å². The highest BCUT2D eigenvalue weighted by Crippen LogP contribution is 2.62. The monoisotopic (exact) mass is 376 g/mol. The molecule has 0 radical (unpaired) electrons. The Morgan fingerprint density at radius 1 is 1.30 bits per heavy atom. The van der Waals surface area contributed by atoms with Crippen LogP contribution in [0.25, 0.3) is 0 Å². The first-order valence-corrected chi connectivity index (χ1v) is 9.76. The molecule has 2 N–H and O–H groups in total. The van der Waals surface area contributed by atoms with Gasteiger partial charge in [0.05, 0.1) is 12.6 Å². The van der Waals surface area contributed by atoms with Crippen LogP contribution in [0.2, 0.25) is 0 Å². The molecule has 7 nitrogen and oxygen atoms in total. The van der Waals surface area contributed by atoms with E-state index < -0.39 is 11.7 Å². The maximum absolute atomic E-state index is 12.6. The minimum atomic E-state index is -0.555. The molecule has 0 aromatic carbocycles. The summed E-state index contributed by atoms with van der Waals surface area (Å²) in [7, 11) is 0. The average molecular weight is 376 g/mol. The van der Waals surface area contributed by atoms with Gasteiger partial charge in [-0.15, -0.1) is 0 Å². The summed E-state index contributed by atoms with van der Waals surface area (Å²) in [4.78, 5) is 24.4. The van der Waals surface area contributed by atoms with Gasteiger partial charge >= 0.3 is 6.09 Å². The molecular formula is C20H28N2O5. The fraction of sp³-hybridized carbons (Fsp3) is 0.700. The van der Waals surface area contributed by atoms with Crippen LogP contribution in [-0.2, 0) is 16.0 Å². The molecule has 3 fully saturated rings. The molecule has 1 aromatic heterocycles. The van der Waals surface area contributed by atoms with E-state index in [1.165, 1.54) is 6.42 Å². The van der Waals surface area contributed by atoms with Crippen LogP contribution in [0.3, 0.4) is 0 Å². The summed E-state index contributed by atoms with van der Waals surface area (Å²) in [6.45, 7) is 6.38. The molecule has 2 saturated carbocycles. The maximum atomic E-state index is 12.6. The van der Waals surface area contributed by atoms with Crippen LogP contribution in [0, 0.1) is 11.3 Å². The van der Waals surface area contributed by atoms with Crippen molar-refractivity contribution in [1.29, 1.82) is 0 Å². The number of amides is 2. The van der Waals surface area contributed by atoms with Crippen LogP contribution >= 0.6 is 0 Å². The smallest absolute Gasteiger partial charge is 0.408 e. The molecule has 2 amide bonds. The molecule has 2 aliphatic carbocycles. The van der Waals surface area contributed by atoms with Gasteiger partial charge in [-0.3, -0.25) is 4.79 Å². The van der Waals surface area contributed by atoms with Gasteiger partial charge in [-0.05, 0) is 52.2 Å². The van der Waals surface area contributed by atoms with Gasteiger partial charge in [0.25, 0.3) is 5.91 Å². The lowest BCUT2D eigenvalue weighted by molar-refractivity contribution is -0.172. The Morgan fingerprint density at radius 3 is 2.74 bits per heavy atom. The number of alkyl carbamates (subject to hydrolysis) is 1. The molecule has 7 heteroatoms. The molecule has 1 saturated heterocycles. The minimum absolute atomic E-state index is 0.143. The maximum Gasteiger partial charge on any atom is 0.408 e. The van der Waals surface area contributed by atoms with E-state index in [9.17, 15) is 9.59 Å². The Labute approximate surface area is 159 Å². The highest BCUT2D eigenvalue weighted by Gasteiger charge is 2.67. The molecule has 1 spiro atoms. The Kier molecular flexibility index (Phi) is 4.45. The Bertz CT molecular complexity index is 731. The number of carbonyl (C=O) groups is 2. The number of rotatable bonds is 4. The van der Waals surface area contributed by atoms with E-state index in [4.69, 9.17) is 13.9 Å². The fourth-order valence-electron chi connectivity index (χ4n) is 4.74. The van der Waals surface area contributed by atoms with E-state index in [0.29, 0.717) is 17.8 Å². The number of furan rings is 1. The number of ether oxygens (including phenoxy) is 2. The normalized spacial score (nSPS) is 28.0. The Morgan fingerprint density at radius 2 is 2.07 bits per heavy atom. The van der Waals surface area contributed by atoms with Gasteiger partial charge in [0.15, 0.2) is 5.76 Å². The van der Waals surface area contributed by atoms with E-state index in [0.717, 1.165) is 25.9 Å². The van der Waals surface area contributed by atoms with Crippen molar-refractivity contribution in [1.82, 2.24) is 10.6 Å². The molecule has 3 atom stereocenters. The van der Waals surface area contributed by atoms with E-state index in [1.54, 1.807) is 32.9 Å². The lowest BCUT2D eigenvalue weighted by atomic mass is 9.46. The van der Waals surface area contributed by atoms with Crippen LogP contribution in [0.1, 0.15) is 62.8 Å². The summed E-state index contributed by atoms with van der Waals surface area (Å²) >= 11 is 0. The number of hydrogen-bond acceptors (Lipinski definition) is 5. The van der Waals surface area contributed by atoms with Gasteiger partial charge in [0.1, 0.15) is 11.4 Å². The van der Waals surface area contributed by atoms with Gasteiger partial charge in [0, 0.05) is 24.0 Å². The van der Waals surface area contributed by atoms with Crippen LogP contribution in [0.15, 0.2) is 16.5 Å². The molecule has 0 bridgehead atoms. The van der Waals surface area contributed by atoms with Crippen LogP contribution in [-0.4, -0.2) is 36.4 Å². The van der Waals surface area contributed by atoms with Crippen molar-refractivity contribution in [2.45, 2.75) is 70.7 Å². The van der Waals surface area contributed by atoms with Gasteiger partial charge in [-0.1, -0.05) is 6.42 Å². The molecule has 27 heavy (non-hydrogen) atoms. The lowest BCUT2D eigenvalue weighted by Gasteiger charge is -2.63. The summed E-state index contributed by atoms with van der Waals surface area (Å²) in [6, 6.07) is 3.53. The fourth-order valence-corrected chi connectivity index (χ4v) is 4.74. The first-order chi connectivity index (χ1) is 12.8. The van der Waals surface area contributed by atoms with Crippen LogP contribution in [0.4, 0.5) is 4.79 Å². The second-order valence-electron chi connectivity index (χ2n) is 8.90. The molecule has 2 heterocycles. The van der Waals surface area contributed by atoms with Crippen molar-refractivity contribution in [3.8, 4) is 0 Å². The SMILES string of the molecule is CC(C)(C)OC(=O)NCc1ccc(C(=O)NC2C3CCOC3C23CCC3)o1. The summed E-state index contributed by atoms with van der Waals surface area (Å²) in [5.41, 5.74) is -0.412. The van der Waals surface area contributed by atoms with Gasteiger partial charge < -0.3 is 24.5 Å². The molecule has 3 aliphatic rings. The molecular weight excluding hydrogens is 348 g/mol. The van der Waals surface area contributed by atoms with Crippen LogP contribution in [0.5, 0.6) is 0 Å². The first-order valence-electron chi connectivity index (χ1n) is 9.76. The van der Waals surface area contributed by atoms with Crippen molar-refractivity contribution in [2.24, 2.45) is 11.3 Å². The summed E-state index contributed by atoms with van der Waals surface area (Å²) in [5, 5.41) is 5.81. The third-order valence-corrected chi connectivity index (χ3v) is 6.01. The number of nitrogens with one attached hydrogen (secondary N) is 2. The highest BCUT2D eigenvalue weighted by atomic mass is 16.6. The zero-order valence-electron chi connectivity index (χ0n) is 16.2. The summed E-state index contributed by atoms with van der Waals surface area (Å²) in [6.07, 6.45) is 4.28. The third kappa shape index (κ3) is 3.33. The molecule has 1 aliphatic heterocycles. The third-order valence-electron chi connectivity index (χ3n) is 6.01. The highest BCUT2D eigenvalue weighted by molar-refractivity contribution is 5.92. The van der Waals surface area contributed by atoms with E-state index in [2.05, 4.69) is 10.6 Å². The molecule has 148 valence electrons. The summed E-state index contributed by atoms with van der Waals surface area (Å²) < 4.78 is 16.7. The molecule has 3 unspecified atom stereocenters. The predicted molar refractivity (Wildman–Crippen MR) is 97.2 cm³/mol. The first kappa shape index (κ1) is 18.3. The largest absolute Gasteiger partial charge is 0.454 e. The van der Waals surface area contributed by atoms with Crippen molar-refractivity contribution < 1.29 is 23.5 Å². The number of fused-ring (bicyclic) bond motifs is 2. The van der Waals surface area contributed by atoms with Gasteiger partial charge in [0.2, 0.25) is 0 Å². The Balaban J connectivity index is 1.32. The standard InChI is InChI=1S/C20H28N2O5/c1-19(2,3)27-18(24)21-11-12-5-6-14(26-12)17(23)22-15-13-7-10-25-16(13)20(15)8-4-9-20/h5-6,13,15-16H,4,7-11H2,1-3H3,(H,21,24)(H,22,23). The van der Waals surface area contributed by atoms with Crippen molar-refractivity contribution in [3.05, 3.63) is 23.7 Å².